The third-order valence-electron chi connectivity index (χ3n) is 4.35. The molecule has 16 heavy (non-hydrogen) atoms. The van der Waals surface area contributed by atoms with Crippen molar-refractivity contribution in [3.05, 3.63) is 0 Å². The lowest BCUT2D eigenvalue weighted by atomic mass is 9.83. The molecule has 96 valence electrons. The first-order chi connectivity index (χ1) is 7.54. The van der Waals surface area contributed by atoms with Gasteiger partial charge in [0, 0.05) is 12.1 Å². The van der Waals surface area contributed by atoms with E-state index in [9.17, 15) is 5.11 Å². The molecule has 1 aliphatic carbocycles. The fraction of sp³-hybridized carbons (Fsp3) is 1.00. The zero-order valence-corrected chi connectivity index (χ0v) is 11.4. The Kier molecular flexibility index (Phi) is 5.77. The second-order valence-electron chi connectivity index (χ2n) is 5.68. The molecular weight excluding hydrogens is 198 g/mol. The minimum Gasteiger partial charge on any atom is -0.393 e. The van der Waals surface area contributed by atoms with Gasteiger partial charge in [-0.2, -0.15) is 0 Å². The van der Waals surface area contributed by atoms with E-state index in [0.29, 0.717) is 6.04 Å². The molecule has 0 radical (unpaired) electrons. The molecule has 0 aliphatic heterocycles. The van der Waals surface area contributed by atoms with Crippen LogP contribution in [0.25, 0.3) is 0 Å². The van der Waals surface area contributed by atoms with Crippen LogP contribution in [0.4, 0.5) is 0 Å². The molecule has 0 aromatic heterocycles. The highest BCUT2D eigenvalue weighted by Crippen LogP contribution is 2.30. The van der Waals surface area contributed by atoms with Gasteiger partial charge in [0.15, 0.2) is 0 Å². The van der Waals surface area contributed by atoms with E-state index in [0.717, 1.165) is 18.4 Å². The van der Waals surface area contributed by atoms with E-state index in [1.165, 1.54) is 32.1 Å². The summed E-state index contributed by atoms with van der Waals surface area (Å²) in [4.78, 5) is 2.48. The van der Waals surface area contributed by atoms with Gasteiger partial charge in [0.25, 0.3) is 0 Å². The highest BCUT2D eigenvalue weighted by molar-refractivity contribution is 4.80. The monoisotopic (exact) mass is 227 g/mol. The molecule has 2 atom stereocenters. The van der Waals surface area contributed by atoms with Gasteiger partial charge in [-0.3, -0.25) is 0 Å². The molecule has 0 saturated heterocycles. The third-order valence-corrected chi connectivity index (χ3v) is 4.35. The van der Waals surface area contributed by atoms with Crippen LogP contribution in [0.5, 0.6) is 0 Å². The summed E-state index contributed by atoms with van der Waals surface area (Å²) >= 11 is 0. The lowest BCUT2D eigenvalue weighted by Gasteiger charge is -2.38. The van der Waals surface area contributed by atoms with Gasteiger partial charge in [0.1, 0.15) is 0 Å². The van der Waals surface area contributed by atoms with Crippen molar-refractivity contribution >= 4 is 0 Å². The molecular formula is C14H29NO. The Balaban J connectivity index is 2.34. The van der Waals surface area contributed by atoms with E-state index >= 15 is 0 Å². The summed E-state index contributed by atoms with van der Waals surface area (Å²) < 4.78 is 0. The van der Waals surface area contributed by atoms with Crippen LogP contribution in [0, 0.1) is 5.92 Å². The summed E-state index contributed by atoms with van der Waals surface area (Å²) in [6.07, 6.45) is 7.55. The van der Waals surface area contributed by atoms with Crippen LogP contribution in [-0.2, 0) is 0 Å². The number of aliphatic hydroxyl groups is 1. The van der Waals surface area contributed by atoms with Crippen molar-refractivity contribution in [1.82, 2.24) is 4.90 Å². The first kappa shape index (κ1) is 14.0. The van der Waals surface area contributed by atoms with Crippen LogP contribution in [-0.4, -0.2) is 35.2 Å². The van der Waals surface area contributed by atoms with Gasteiger partial charge in [0.2, 0.25) is 0 Å². The Labute approximate surface area is 101 Å². The first-order valence-corrected chi connectivity index (χ1v) is 6.94. The molecule has 0 amide bonds. The molecule has 2 heteroatoms. The summed E-state index contributed by atoms with van der Waals surface area (Å²) in [6.45, 7) is 6.43. The van der Waals surface area contributed by atoms with E-state index in [4.69, 9.17) is 0 Å². The fourth-order valence-electron chi connectivity index (χ4n) is 2.98. The van der Waals surface area contributed by atoms with E-state index in [1.807, 2.05) is 6.92 Å². The molecule has 1 aliphatic rings. The first-order valence-electron chi connectivity index (χ1n) is 6.94. The lowest BCUT2D eigenvalue weighted by molar-refractivity contribution is 0.0862. The molecule has 0 heterocycles. The molecule has 2 nitrogen and oxygen atoms in total. The van der Waals surface area contributed by atoms with Crippen LogP contribution in [0.3, 0.4) is 0 Å². The van der Waals surface area contributed by atoms with Crippen molar-refractivity contribution in [2.45, 2.75) is 77.5 Å². The molecule has 0 aromatic carbocycles. The average molecular weight is 227 g/mol. The molecule has 1 N–H and O–H groups in total. The largest absolute Gasteiger partial charge is 0.393 e. The van der Waals surface area contributed by atoms with Crippen LogP contribution in [0.15, 0.2) is 0 Å². The number of rotatable bonds is 5. The van der Waals surface area contributed by atoms with Gasteiger partial charge in [-0.25, -0.2) is 0 Å². The summed E-state index contributed by atoms with van der Waals surface area (Å²) in [5.74, 6) is 0.969. The predicted molar refractivity (Wildman–Crippen MR) is 69.6 cm³/mol. The fourth-order valence-corrected chi connectivity index (χ4v) is 2.98. The predicted octanol–water partition coefficient (Wildman–Crippen LogP) is 3.05. The van der Waals surface area contributed by atoms with Crippen LogP contribution in [0.2, 0.25) is 0 Å². The van der Waals surface area contributed by atoms with Gasteiger partial charge in [-0.15, -0.1) is 0 Å². The maximum absolute atomic E-state index is 9.42. The van der Waals surface area contributed by atoms with Gasteiger partial charge < -0.3 is 10.0 Å². The Bertz CT molecular complexity index is 185. The van der Waals surface area contributed by atoms with E-state index < -0.39 is 0 Å². The number of aliphatic hydroxyl groups excluding tert-OH is 1. The molecule has 0 spiro atoms. The van der Waals surface area contributed by atoms with Crippen molar-refractivity contribution in [3.63, 3.8) is 0 Å². The van der Waals surface area contributed by atoms with Crippen molar-refractivity contribution in [2.24, 2.45) is 5.92 Å². The quantitative estimate of drug-likeness (QED) is 0.780. The second-order valence-corrected chi connectivity index (χ2v) is 5.68. The Hall–Kier alpha value is -0.0800. The Morgan fingerprint density at radius 1 is 1.19 bits per heavy atom. The maximum atomic E-state index is 9.42. The zero-order valence-electron chi connectivity index (χ0n) is 11.4. The van der Waals surface area contributed by atoms with Crippen LogP contribution in [0.1, 0.15) is 59.3 Å². The average Bonchev–Trinajstić information content (AvgIpc) is 2.27. The molecule has 0 aromatic rings. The molecule has 1 rings (SSSR count). The lowest BCUT2D eigenvalue weighted by Crippen LogP contribution is -2.42. The molecule has 0 bridgehead atoms. The second kappa shape index (κ2) is 6.61. The minimum atomic E-state index is -0.176. The SMILES string of the molecule is CCC1CCC(N(C)C(C)CC(C)O)CC1. The van der Waals surface area contributed by atoms with Crippen molar-refractivity contribution < 1.29 is 5.11 Å². The normalized spacial score (nSPS) is 30.4. The zero-order chi connectivity index (χ0) is 12.1. The number of hydrogen-bond acceptors (Lipinski definition) is 2. The van der Waals surface area contributed by atoms with E-state index in [1.54, 1.807) is 0 Å². The summed E-state index contributed by atoms with van der Waals surface area (Å²) in [6, 6.07) is 1.25. The van der Waals surface area contributed by atoms with E-state index in [2.05, 4.69) is 25.8 Å². The van der Waals surface area contributed by atoms with Crippen molar-refractivity contribution in [3.8, 4) is 0 Å². The molecule has 1 saturated carbocycles. The third kappa shape index (κ3) is 4.06. The summed E-state index contributed by atoms with van der Waals surface area (Å²) in [5, 5.41) is 9.42. The maximum Gasteiger partial charge on any atom is 0.0526 e. The summed E-state index contributed by atoms with van der Waals surface area (Å²) in [7, 11) is 2.23. The van der Waals surface area contributed by atoms with Gasteiger partial charge in [-0.05, 0) is 58.9 Å². The Morgan fingerprint density at radius 3 is 2.19 bits per heavy atom. The van der Waals surface area contributed by atoms with Crippen LogP contribution >= 0.6 is 0 Å². The van der Waals surface area contributed by atoms with Gasteiger partial charge >= 0.3 is 0 Å². The Morgan fingerprint density at radius 2 is 1.75 bits per heavy atom. The number of hydrogen-bond donors (Lipinski definition) is 1. The highest BCUT2D eigenvalue weighted by Gasteiger charge is 2.25. The molecule has 1 fully saturated rings. The van der Waals surface area contributed by atoms with Gasteiger partial charge in [0.05, 0.1) is 6.10 Å². The molecule has 2 unspecified atom stereocenters. The topological polar surface area (TPSA) is 23.5 Å². The minimum absolute atomic E-state index is 0.176. The summed E-state index contributed by atoms with van der Waals surface area (Å²) in [5.41, 5.74) is 0. The van der Waals surface area contributed by atoms with Gasteiger partial charge in [-0.1, -0.05) is 13.3 Å². The van der Waals surface area contributed by atoms with E-state index in [-0.39, 0.29) is 6.10 Å². The smallest absolute Gasteiger partial charge is 0.0526 e. The number of nitrogens with zero attached hydrogens (tertiary/aromatic N) is 1. The highest BCUT2D eigenvalue weighted by atomic mass is 16.3. The van der Waals surface area contributed by atoms with Crippen molar-refractivity contribution in [2.75, 3.05) is 7.05 Å². The standard InChI is InChI=1S/C14H29NO/c1-5-13-6-8-14(9-7-13)15(4)11(2)10-12(3)16/h11-14,16H,5-10H2,1-4H3. The van der Waals surface area contributed by atoms with Crippen molar-refractivity contribution in [1.29, 1.82) is 0 Å². The van der Waals surface area contributed by atoms with Crippen LogP contribution < -0.4 is 0 Å².